The number of hydrogen-bond donors (Lipinski definition) is 2. The smallest absolute Gasteiger partial charge is 0.233 e. The monoisotopic (exact) mass is 221 g/mol. The third-order valence-electron chi connectivity index (χ3n) is 1.99. The van der Waals surface area contributed by atoms with Crippen LogP contribution >= 0.6 is 11.5 Å². The number of anilines is 2. The number of aromatic nitrogens is 3. The SMILES string of the molecule is CC(Nc1nc(N)ns1)c1ccncc1. The van der Waals surface area contributed by atoms with E-state index in [9.17, 15) is 0 Å². The quantitative estimate of drug-likeness (QED) is 0.824. The van der Waals surface area contributed by atoms with Crippen molar-refractivity contribution in [2.75, 3.05) is 11.1 Å². The lowest BCUT2D eigenvalue weighted by Gasteiger charge is -2.11. The van der Waals surface area contributed by atoms with Gasteiger partial charge in [-0.25, -0.2) is 0 Å². The summed E-state index contributed by atoms with van der Waals surface area (Å²) in [5.41, 5.74) is 6.58. The average Bonchev–Trinajstić information content (AvgIpc) is 2.65. The van der Waals surface area contributed by atoms with E-state index < -0.39 is 0 Å². The highest BCUT2D eigenvalue weighted by molar-refractivity contribution is 7.09. The molecule has 0 aliphatic heterocycles. The molecule has 6 heteroatoms. The molecule has 2 aromatic heterocycles. The Morgan fingerprint density at radius 2 is 2.13 bits per heavy atom. The fourth-order valence-electron chi connectivity index (χ4n) is 1.21. The zero-order valence-corrected chi connectivity index (χ0v) is 9.03. The van der Waals surface area contributed by atoms with Gasteiger partial charge in [0.05, 0.1) is 6.04 Å². The molecule has 2 heterocycles. The number of nitrogens with one attached hydrogen (secondary N) is 1. The summed E-state index contributed by atoms with van der Waals surface area (Å²) in [5, 5.41) is 3.95. The first-order chi connectivity index (χ1) is 7.25. The zero-order valence-electron chi connectivity index (χ0n) is 8.21. The molecule has 0 radical (unpaired) electrons. The molecule has 0 fully saturated rings. The van der Waals surface area contributed by atoms with Gasteiger partial charge in [-0.15, -0.1) is 0 Å². The van der Waals surface area contributed by atoms with Crippen LogP contribution in [0.4, 0.5) is 11.1 Å². The molecule has 0 amide bonds. The molecule has 0 aliphatic carbocycles. The lowest BCUT2D eigenvalue weighted by Crippen LogP contribution is -2.06. The molecule has 0 saturated heterocycles. The van der Waals surface area contributed by atoms with Crippen LogP contribution in [-0.2, 0) is 0 Å². The molecule has 0 aromatic carbocycles. The molecule has 78 valence electrons. The Labute approximate surface area is 91.5 Å². The molecule has 0 aliphatic rings. The van der Waals surface area contributed by atoms with Crippen molar-refractivity contribution < 1.29 is 0 Å². The van der Waals surface area contributed by atoms with Crippen molar-refractivity contribution in [3.63, 3.8) is 0 Å². The van der Waals surface area contributed by atoms with E-state index in [2.05, 4.69) is 19.7 Å². The van der Waals surface area contributed by atoms with E-state index in [0.717, 1.165) is 10.7 Å². The van der Waals surface area contributed by atoms with Gasteiger partial charge in [-0.1, -0.05) is 0 Å². The summed E-state index contributed by atoms with van der Waals surface area (Å²) in [7, 11) is 0. The minimum atomic E-state index is 0.167. The third-order valence-corrected chi connectivity index (χ3v) is 2.65. The van der Waals surface area contributed by atoms with Crippen LogP contribution in [0.25, 0.3) is 0 Å². The fourth-order valence-corrected chi connectivity index (χ4v) is 1.80. The van der Waals surface area contributed by atoms with Crippen molar-refractivity contribution in [2.24, 2.45) is 0 Å². The van der Waals surface area contributed by atoms with Crippen LogP contribution in [0.3, 0.4) is 0 Å². The predicted molar refractivity (Wildman–Crippen MR) is 60.6 cm³/mol. The van der Waals surface area contributed by atoms with E-state index in [4.69, 9.17) is 5.73 Å². The van der Waals surface area contributed by atoms with Crippen LogP contribution in [0.5, 0.6) is 0 Å². The number of nitrogen functional groups attached to an aromatic ring is 1. The normalized spacial score (nSPS) is 12.3. The van der Waals surface area contributed by atoms with Gasteiger partial charge in [0.1, 0.15) is 0 Å². The number of nitrogens with zero attached hydrogens (tertiary/aromatic N) is 3. The molecular weight excluding hydrogens is 210 g/mol. The van der Waals surface area contributed by atoms with Crippen LogP contribution < -0.4 is 11.1 Å². The van der Waals surface area contributed by atoms with Gasteiger partial charge in [-0.3, -0.25) is 4.98 Å². The molecule has 0 saturated carbocycles. The minimum Gasteiger partial charge on any atom is -0.367 e. The summed E-state index contributed by atoms with van der Waals surface area (Å²) < 4.78 is 3.90. The van der Waals surface area contributed by atoms with Crippen molar-refractivity contribution in [1.82, 2.24) is 14.3 Å². The van der Waals surface area contributed by atoms with Crippen molar-refractivity contribution in [1.29, 1.82) is 0 Å². The highest BCUT2D eigenvalue weighted by Crippen LogP contribution is 2.20. The van der Waals surface area contributed by atoms with Gasteiger partial charge in [-0.2, -0.15) is 9.36 Å². The van der Waals surface area contributed by atoms with Gasteiger partial charge in [0, 0.05) is 23.9 Å². The second-order valence-corrected chi connectivity index (χ2v) is 3.86. The van der Waals surface area contributed by atoms with Crippen molar-refractivity contribution in [2.45, 2.75) is 13.0 Å². The maximum atomic E-state index is 5.43. The molecule has 0 spiro atoms. The largest absolute Gasteiger partial charge is 0.367 e. The standard InChI is InChI=1S/C9H11N5S/c1-6(7-2-4-11-5-3-7)12-9-13-8(10)14-15-9/h2-6H,1H3,(H3,10,12,13,14). The van der Waals surface area contributed by atoms with Crippen LogP contribution in [0.15, 0.2) is 24.5 Å². The van der Waals surface area contributed by atoms with Crippen LogP contribution in [0.2, 0.25) is 0 Å². The van der Waals surface area contributed by atoms with Crippen molar-refractivity contribution >= 4 is 22.6 Å². The van der Waals surface area contributed by atoms with Gasteiger partial charge in [0.25, 0.3) is 0 Å². The minimum absolute atomic E-state index is 0.167. The van der Waals surface area contributed by atoms with Gasteiger partial charge < -0.3 is 11.1 Å². The zero-order chi connectivity index (χ0) is 10.7. The number of rotatable bonds is 3. The first-order valence-electron chi connectivity index (χ1n) is 4.51. The van der Waals surface area contributed by atoms with E-state index >= 15 is 0 Å². The molecule has 3 N–H and O–H groups in total. The number of hydrogen-bond acceptors (Lipinski definition) is 6. The van der Waals surface area contributed by atoms with Crippen LogP contribution in [0, 0.1) is 0 Å². The number of nitrogens with two attached hydrogens (primary N) is 1. The Morgan fingerprint density at radius 3 is 2.73 bits per heavy atom. The third kappa shape index (κ3) is 2.41. The van der Waals surface area contributed by atoms with Gasteiger partial charge in [0.15, 0.2) is 0 Å². The van der Waals surface area contributed by atoms with E-state index in [1.807, 2.05) is 19.1 Å². The summed E-state index contributed by atoms with van der Waals surface area (Å²) in [6.45, 7) is 2.05. The Balaban J connectivity index is 2.07. The van der Waals surface area contributed by atoms with E-state index in [-0.39, 0.29) is 6.04 Å². The summed E-state index contributed by atoms with van der Waals surface area (Å²) >= 11 is 1.26. The molecule has 2 aromatic rings. The highest BCUT2D eigenvalue weighted by atomic mass is 32.1. The summed E-state index contributed by atoms with van der Waals surface area (Å²) in [6.07, 6.45) is 3.53. The molecule has 1 atom stereocenters. The average molecular weight is 221 g/mol. The Hall–Kier alpha value is -1.69. The maximum Gasteiger partial charge on any atom is 0.233 e. The van der Waals surface area contributed by atoms with Crippen molar-refractivity contribution in [3.8, 4) is 0 Å². The Morgan fingerprint density at radius 1 is 1.40 bits per heavy atom. The Bertz CT molecular complexity index is 427. The molecule has 15 heavy (non-hydrogen) atoms. The topological polar surface area (TPSA) is 76.7 Å². The summed E-state index contributed by atoms with van der Waals surface area (Å²) in [5.74, 6) is 0.310. The highest BCUT2D eigenvalue weighted by Gasteiger charge is 2.07. The Kier molecular flexibility index (Phi) is 2.77. The predicted octanol–water partition coefficient (Wildman–Crippen LogP) is 1.69. The van der Waals surface area contributed by atoms with Gasteiger partial charge >= 0.3 is 0 Å². The summed E-state index contributed by atoms with van der Waals surface area (Å²) in [6, 6.07) is 4.09. The molecule has 5 nitrogen and oxygen atoms in total. The fraction of sp³-hybridized carbons (Fsp3) is 0.222. The van der Waals surface area contributed by atoms with E-state index in [1.165, 1.54) is 11.5 Å². The van der Waals surface area contributed by atoms with E-state index in [0.29, 0.717) is 5.95 Å². The second-order valence-electron chi connectivity index (χ2n) is 3.10. The summed E-state index contributed by atoms with van der Waals surface area (Å²) in [4.78, 5) is 8.00. The van der Waals surface area contributed by atoms with Gasteiger partial charge in [0.2, 0.25) is 11.1 Å². The number of pyridine rings is 1. The lowest BCUT2D eigenvalue weighted by atomic mass is 10.1. The van der Waals surface area contributed by atoms with E-state index in [1.54, 1.807) is 12.4 Å². The van der Waals surface area contributed by atoms with Crippen molar-refractivity contribution in [3.05, 3.63) is 30.1 Å². The lowest BCUT2D eigenvalue weighted by molar-refractivity contribution is 0.878. The molecule has 2 rings (SSSR count). The van der Waals surface area contributed by atoms with Crippen LogP contribution in [-0.4, -0.2) is 14.3 Å². The second kappa shape index (κ2) is 4.22. The van der Waals surface area contributed by atoms with Crippen LogP contribution in [0.1, 0.15) is 18.5 Å². The van der Waals surface area contributed by atoms with Gasteiger partial charge in [-0.05, 0) is 24.6 Å². The first-order valence-corrected chi connectivity index (χ1v) is 5.28. The first kappa shape index (κ1) is 9.85. The molecular formula is C9H11N5S. The molecule has 0 bridgehead atoms. The maximum absolute atomic E-state index is 5.43. The molecule has 1 unspecified atom stereocenters.